The van der Waals surface area contributed by atoms with Gasteiger partial charge in [0.15, 0.2) is 26.3 Å². The number of ether oxygens (including phenoxy) is 1. The van der Waals surface area contributed by atoms with E-state index in [1.165, 1.54) is 16.2 Å². The van der Waals surface area contributed by atoms with E-state index in [9.17, 15) is 4.39 Å². The van der Waals surface area contributed by atoms with Crippen LogP contribution in [0.1, 0.15) is 39.0 Å². The van der Waals surface area contributed by atoms with Crippen LogP contribution >= 0.6 is 0 Å². The molecule has 1 aliphatic rings. The molecule has 0 aromatic heterocycles. The molecule has 3 aromatic rings. The summed E-state index contributed by atoms with van der Waals surface area (Å²) in [6.45, 7) is 2.12. The fraction of sp³-hybridized carbons (Fsp3) is 0.280. The van der Waals surface area contributed by atoms with E-state index in [2.05, 4.69) is 55.5 Å². The highest BCUT2D eigenvalue weighted by Crippen LogP contribution is 2.37. The zero-order chi connectivity index (χ0) is 19.4. The van der Waals surface area contributed by atoms with Gasteiger partial charge in [-0.15, -0.1) is 0 Å². The van der Waals surface area contributed by atoms with Gasteiger partial charge in [0, 0.05) is 6.07 Å². The predicted octanol–water partition coefficient (Wildman–Crippen LogP) is 7.02. The van der Waals surface area contributed by atoms with Crippen LogP contribution in [-0.2, 0) is 10.9 Å². The molecule has 0 atom stereocenters. The smallest absolute Gasteiger partial charge is 0.170 e. The molecule has 3 aromatic carbocycles. The largest absolute Gasteiger partial charge is 0.484 e. The average molecular weight is 394 g/mol. The Labute approximate surface area is 169 Å². The molecule has 0 amide bonds. The second-order valence-electron chi connectivity index (χ2n) is 7.64. The van der Waals surface area contributed by atoms with Crippen molar-refractivity contribution in [3.63, 3.8) is 0 Å². The van der Waals surface area contributed by atoms with Gasteiger partial charge in [-0.25, -0.2) is 4.39 Å². The lowest BCUT2D eigenvalue weighted by molar-refractivity contribution is 0.0445. The Balaban J connectivity index is 1.73. The Morgan fingerprint density at radius 3 is 1.89 bits per heavy atom. The molecular weight excluding hydrogens is 367 g/mol. The van der Waals surface area contributed by atoms with Crippen molar-refractivity contribution < 1.29 is 9.13 Å². The van der Waals surface area contributed by atoms with Crippen molar-refractivity contribution in [2.45, 2.75) is 59.3 Å². The number of rotatable bonds is 5. The summed E-state index contributed by atoms with van der Waals surface area (Å²) in [5.74, 6) is 0.103. The standard InChI is InChI=1S/C25H26FOS/c1-25(17-9-4-10-18-25)27-24-19-22(15-16-23(24)26)28(20-11-5-2-6-12-20)21-13-7-3-8-14-21/h2-3,5-8,11-16,19H,4,9-10,17-18H2,1H3/q+1. The number of halogens is 1. The minimum absolute atomic E-state index is 0.268. The van der Waals surface area contributed by atoms with Crippen LogP contribution in [0.2, 0.25) is 0 Å². The minimum Gasteiger partial charge on any atom is -0.484 e. The molecule has 0 aliphatic heterocycles. The van der Waals surface area contributed by atoms with Gasteiger partial charge in [0.25, 0.3) is 0 Å². The quantitative estimate of drug-likeness (QED) is 0.423. The van der Waals surface area contributed by atoms with Crippen molar-refractivity contribution in [2.75, 3.05) is 0 Å². The van der Waals surface area contributed by atoms with Gasteiger partial charge < -0.3 is 4.74 Å². The topological polar surface area (TPSA) is 9.23 Å². The van der Waals surface area contributed by atoms with Gasteiger partial charge in [-0.05, 0) is 69.0 Å². The molecule has 1 fully saturated rings. The highest BCUT2D eigenvalue weighted by atomic mass is 32.2. The van der Waals surface area contributed by atoms with Crippen LogP contribution in [0.15, 0.2) is 93.5 Å². The summed E-state index contributed by atoms with van der Waals surface area (Å²) >= 11 is 0. The highest BCUT2D eigenvalue weighted by Gasteiger charge is 2.33. The van der Waals surface area contributed by atoms with Gasteiger partial charge in [0.2, 0.25) is 0 Å². The van der Waals surface area contributed by atoms with Crippen LogP contribution < -0.4 is 4.74 Å². The third kappa shape index (κ3) is 4.25. The summed E-state index contributed by atoms with van der Waals surface area (Å²) in [6.07, 6.45) is 5.51. The minimum atomic E-state index is -0.300. The summed E-state index contributed by atoms with van der Waals surface area (Å²) < 4.78 is 20.9. The second kappa shape index (κ2) is 8.40. The van der Waals surface area contributed by atoms with Crippen molar-refractivity contribution in [3.8, 4) is 5.75 Å². The summed E-state index contributed by atoms with van der Waals surface area (Å²) in [5.41, 5.74) is -0.268. The van der Waals surface area contributed by atoms with Gasteiger partial charge in [0.05, 0.1) is 10.9 Å². The van der Waals surface area contributed by atoms with E-state index in [1.54, 1.807) is 6.07 Å². The van der Waals surface area contributed by atoms with Crippen molar-refractivity contribution in [2.24, 2.45) is 0 Å². The monoisotopic (exact) mass is 393 g/mol. The van der Waals surface area contributed by atoms with E-state index in [4.69, 9.17) is 4.74 Å². The first-order valence-electron chi connectivity index (χ1n) is 9.98. The third-order valence-corrected chi connectivity index (χ3v) is 7.58. The van der Waals surface area contributed by atoms with Gasteiger partial charge in [0.1, 0.15) is 5.60 Å². The molecule has 0 N–H and O–H groups in total. The molecule has 28 heavy (non-hydrogen) atoms. The Morgan fingerprint density at radius 2 is 1.32 bits per heavy atom. The Bertz CT molecular complexity index is 865. The van der Waals surface area contributed by atoms with Crippen molar-refractivity contribution in [3.05, 3.63) is 84.7 Å². The predicted molar refractivity (Wildman–Crippen MR) is 114 cm³/mol. The van der Waals surface area contributed by atoms with E-state index in [0.717, 1.165) is 30.6 Å². The normalized spacial score (nSPS) is 16.1. The lowest BCUT2D eigenvalue weighted by Gasteiger charge is -2.34. The highest BCUT2D eigenvalue weighted by molar-refractivity contribution is 7.97. The molecular formula is C25H26FOS+. The van der Waals surface area contributed by atoms with E-state index < -0.39 is 0 Å². The van der Waals surface area contributed by atoms with E-state index in [1.807, 2.05) is 24.3 Å². The van der Waals surface area contributed by atoms with Crippen molar-refractivity contribution in [1.29, 1.82) is 0 Å². The van der Waals surface area contributed by atoms with Crippen LogP contribution in [0.5, 0.6) is 5.75 Å². The molecule has 0 heterocycles. The van der Waals surface area contributed by atoms with E-state index >= 15 is 0 Å². The maximum Gasteiger partial charge on any atom is 0.170 e. The molecule has 1 nitrogen and oxygen atoms in total. The van der Waals surface area contributed by atoms with E-state index in [-0.39, 0.29) is 22.3 Å². The maximum atomic E-state index is 14.6. The first-order valence-corrected chi connectivity index (χ1v) is 11.2. The number of benzene rings is 3. The molecule has 1 aliphatic carbocycles. The average Bonchev–Trinajstić information content (AvgIpc) is 2.72. The first-order chi connectivity index (χ1) is 13.6. The van der Waals surface area contributed by atoms with Gasteiger partial charge in [-0.2, -0.15) is 0 Å². The lowest BCUT2D eigenvalue weighted by atomic mass is 9.86. The molecule has 1 saturated carbocycles. The Hall–Kier alpha value is -2.26. The number of hydrogen-bond donors (Lipinski definition) is 0. The van der Waals surface area contributed by atoms with Crippen molar-refractivity contribution in [1.82, 2.24) is 0 Å². The fourth-order valence-corrected chi connectivity index (χ4v) is 5.98. The third-order valence-electron chi connectivity index (χ3n) is 5.36. The first kappa shape index (κ1) is 19.1. The molecule has 0 unspecified atom stereocenters. The Kier molecular flexibility index (Phi) is 5.72. The summed E-state index contributed by atoms with van der Waals surface area (Å²) in [6, 6.07) is 26.2. The van der Waals surface area contributed by atoms with Crippen LogP contribution in [0.3, 0.4) is 0 Å². The molecule has 0 saturated heterocycles. The zero-order valence-corrected chi connectivity index (χ0v) is 17.1. The van der Waals surface area contributed by atoms with Gasteiger partial charge in [-0.3, -0.25) is 0 Å². The van der Waals surface area contributed by atoms with Crippen LogP contribution in [0, 0.1) is 5.82 Å². The van der Waals surface area contributed by atoms with Gasteiger partial charge in [-0.1, -0.05) is 42.8 Å². The molecule has 0 radical (unpaired) electrons. The molecule has 0 bridgehead atoms. The summed E-state index contributed by atoms with van der Waals surface area (Å²) in [7, 11) is -0.300. The number of hydrogen-bond acceptors (Lipinski definition) is 1. The maximum absolute atomic E-state index is 14.6. The van der Waals surface area contributed by atoms with Crippen molar-refractivity contribution >= 4 is 10.9 Å². The van der Waals surface area contributed by atoms with Crippen LogP contribution in [0.25, 0.3) is 0 Å². The molecule has 4 rings (SSSR count). The summed E-state index contributed by atoms with van der Waals surface area (Å²) in [4.78, 5) is 3.51. The second-order valence-corrected chi connectivity index (χ2v) is 9.66. The molecule has 0 spiro atoms. The fourth-order valence-electron chi connectivity index (χ4n) is 3.88. The van der Waals surface area contributed by atoms with Gasteiger partial charge >= 0.3 is 0 Å². The zero-order valence-electron chi connectivity index (χ0n) is 16.2. The van der Waals surface area contributed by atoms with Crippen LogP contribution in [0.4, 0.5) is 4.39 Å². The lowest BCUT2D eigenvalue weighted by Crippen LogP contribution is -2.34. The SMILES string of the molecule is CC1(Oc2cc([S+](c3ccccc3)c3ccccc3)ccc2F)CCCCC1. The van der Waals surface area contributed by atoms with E-state index in [0.29, 0.717) is 5.75 Å². The summed E-state index contributed by atoms with van der Waals surface area (Å²) in [5, 5.41) is 0. The molecule has 144 valence electrons. The van der Waals surface area contributed by atoms with Crippen LogP contribution in [-0.4, -0.2) is 5.60 Å². The Morgan fingerprint density at radius 1 is 0.750 bits per heavy atom. The molecule has 3 heteroatoms.